The van der Waals surface area contributed by atoms with Crippen LogP contribution in [0.4, 0.5) is 0 Å². The van der Waals surface area contributed by atoms with Gasteiger partial charge in [0.2, 0.25) is 0 Å². The number of hydrogen-bond donors (Lipinski definition) is 1. The lowest BCUT2D eigenvalue weighted by Crippen LogP contribution is -2.35. The molecule has 110 valence electrons. The molecule has 6 heteroatoms. The van der Waals surface area contributed by atoms with Crippen LogP contribution in [-0.2, 0) is 19.4 Å². The molecule has 5 nitrogen and oxygen atoms in total. The minimum atomic E-state index is -3.18. The smallest absolute Gasteiger partial charge is 0.306 e. The van der Waals surface area contributed by atoms with Gasteiger partial charge in [-0.05, 0) is 37.0 Å². The molecular weight excluding hydrogens is 266 g/mol. The van der Waals surface area contributed by atoms with Gasteiger partial charge in [-0.1, -0.05) is 6.92 Å². The number of rotatable bonds is 5. The summed E-state index contributed by atoms with van der Waals surface area (Å²) in [6.07, 6.45) is 3.24. The van der Waals surface area contributed by atoms with E-state index in [1.165, 1.54) is 7.11 Å². The molecule has 2 N–H and O–H groups in total. The lowest BCUT2D eigenvalue weighted by atomic mass is 10.1. The van der Waals surface area contributed by atoms with Gasteiger partial charge in [-0.25, -0.2) is 8.42 Å². The lowest BCUT2D eigenvalue weighted by Gasteiger charge is -2.21. The first-order chi connectivity index (χ1) is 8.80. The molecule has 2 rings (SSSR count). The number of carbonyl (C=O) groups excluding carboxylic acids is 1. The molecule has 0 spiro atoms. The van der Waals surface area contributed by atoms with E-state index in [0.717, 1.165) is 19.3 Å². The van der Waals surface area contributed by atoms with E-state index in [9.17, 15) is 13.2 Å². The second-order valence-electron chi connectivity index (χ2n) is 6.20. The Morgan fingerprint density at radius 3 is 2.42 bits per heavy atom. The van der Waals surface area contributed by atoms with Gasteiger partial charge in [0.25, 0.3) is 0 Å². The lowest BCUT2D eigenvalue weighted by molar-refractivity contribution is -0.141. The van der Waals surface area contributed by atoms with Crippen molar-refractivity contribution in [2.75, 3.05) is 12.9 Å². The van der Waals surface area contributed by atoms with Crippen LogP contribution in [0.1, 0.15) is 39.0 Å². The van der Waals surface area contributed by atoms with Crippen molar-refractivity contribution in [1.82, 2.24) is 0 Å². The molecule has 0 heterocycles. The predicted octanol–water partition coefficient (Wildman–Crippen LogP) is 0.870. The molecule has 0 amide bonds. The fourth-order valence-electron chi connectivity index (χ4n) is 3.13. The summed E-state index contributed by atoms with van der Waals surface area (Å²) in [4.78, 5) is 11.4. The van der Waals surface area contributed by atoms with Gasteiger partial charge in [-0.2, -0.15) is 0 Å². The highest BCUT2D eigenvalue weighted by molar-refractivity contribution is 7.92. The number of sulfone groups is 1. The van der Waals surface area contributed by atoms with Gasteiger partial charge in [0, 0.05) is 6.04 Å². The Bertz CT molecular complexity index is 455. The fourth-order valence-corrected chi connectivity index (χ4v) is 5.94. The summed E-state index contributed by atoms with van der Waals surface area (Å²) >= 11 is 0. The monoisotopic (exact) mass is 289 g/mol. The van der Waals surface area contributed by atoms with Gasteiger partial charge < -0.3 is 10.5 Å². The first kappa shape index (κ1) is 14.8. The molecule has 19 heavy (non-hydrogen) atoms. The minimum Gasteiger partial charge on any atom is -0.469 e. The molecule has 3 atom stereocenters. The average Bonchev–Trinajstić information content (AvgIpc) is 2.97. The fraction of sp³-hybridized carbons (Fsp3) is 0.923. The van der Waals surface area contributed by atoms with E-state index in [2.05, 4.69) is 4.74 Å². The number of carbonyl (C=O) groups is 1. The summed E-state index contributed by atoms with van der Waals surface area (Å²) in [6, 6.07) is -0.0180. The largest absolute Gasteiger partial charge is 0.469 e. The SMILES string of the molecule is COC(=O)CC1(CS(=O)(=O)C2CCC(N)C2C)CC1. The Balaban J connectivity index is 2.04. The third kappa shape index (κ3) is 3.11. The zero-order valence-corrected chi connectivity index (χ0v) is 12.4. The molecule has 2 fully saturated rings. The van der Waals surface area contributed by atoms with Crippen LogP contribution in [0.15, 0.2) is 0 Å². The molecule has 2 saturated carbocycles. The van der Waals surface area contributed by atoms with Crippen molar-refractivity contribution in [1.29, 1.82) is 0 Å². The van der Waals surface area contributed by atoms with Gasteiger partial charge in [0.05, 0.1) is 24.5 Å². The van der Waals surface area contributed by atoms with Crippen molar-refractivity contribution < 1.29 is 17.9 Å². The Labute approximate surface area is 114 Å². The molecule has 0 radical (unpaired) electrons. The maximum absolute atomic E-state index is 12.5. The minimum absolute atomic E-state index is 0.0129. The third-order valence-corrected chi connectivity index (χ3v) is 7.32. The molecule has 0 aromatic rings. The van der Waals surface area contributed by atoms with Crippen LogP contribution >= 0.6 is 0 Å². The van der Waals surface area contributed by atoms with E-state index >= 15 is 0 Å². The van der Waals surface area contributed by atoms with E-state index in [4.69, 9.17) is 5.73 Å². The Hall–Kier alpha value is -0.620. The van der Waals surface area contributed by atoms with Crippen LogP contribution in [0.25, 0.3) is 0 Å². The van der Waals surface area contributed by atoms with E-state index < -0.39 is 9.84 Å². The number of esters is 1. The van der Waals surface area contributed by atoms with Crippen LogP contribution in [-0.4, -0.2) is 38.5 Å². The molecule has 0 aromatic carbocycles. The van der Waals surface area contributed by atoms with E-state index in [-0.39, 0.29) is 40.8 Å². The van der Waals surface area contributed by atoms with Crippen LogP contribution < -0.4 is 5.73 Å². The van der Waals surface area contributed by atoms with Crippen LogP contribution in [0.2, 0.25) is 0 Å². The summed E-state index contributed by atoms with van der Waals surface area (Å²) in [5, 5.41) is -0.336. The zero-order chi connectivity index (χ0) is 14.3. The molecule has 2 aliphatic carbocycles. The van der Waals surface area contributed by atoms with Crippen LogP contribution in [0, 0.1) is 11.3 Å². The van der Waals surface area contributed by atoms with Gasteiger partial charge in [-0.15, -0.1) is 0 Å². The van der Waals surface area contributed by atoms with Crippen molar-refractivity contribution in [3.63, 3.8) is 0 Å². The van der Waals surface area contributed by atoms with Gasteiger partial charge in [-0.3, -0.25) is 4.79 Å². The standard InChI is InChI=1S/C13H23NO4S/c1-9-10(14)3-4-11(9)19(16,17)8-13(5-6-13)7-12(15)18-2/h9-11H,3-8,14H2,1-2H3. The van der Waals surface area contributed by atoms with Crippen molar-refractivity contribution in [2.24, 2.45) is 17.1 Å². The predicted molar refractivity (Wildman–Crippen MR) is 72.2 cm³/mol. The summed E-state index contributed by atoms with van der Waals surface area (Å²) < 4.78 is 29.7. The molecule has 3 unspecified atom stereocenters. The van der Waals surface area contributed by atoms with Gasteiger partial charge >= 0.3 is 5.97 Å². The summed E-state index contributed by atoms with van der Waals surface area (Å²) in [5.41, 5.74) is 5.55. The molecule has 0 aliphatic heterocycles. The molecule has 0 saturated heterocycles. The highest BCUT2D eigenvalue weighted by Crippen LogP contribution is 2.51. The maximum Gasteiger partial charge on any atom is 0.306 e. The summed E-state index contributed by atoms with van der Waals surface area (Å²) in [6.45, 7) is 1.92. The average molecular weight is 289 g/mol. The highest BCUT2D eigenvalue weighted by Gasteiger charge is 2.51. The first-order valence-electron chi connectivity index (χ1n) is 6.84. The van der Waals surface area contributed by atoms with Crippen molar-refractivity contribution in [3.05, 3.63) is 0 Å². The Kier molecular flexibility index (Phi) is 3.93. The topological polar surface area (TPSA) is 86.5 Å². The number of nitrogens with two attached hydrogens (primary N) is 1. The molecule has 2 aliphatic rings. The molecule has 0 bridgehead atoms. The Morgan fingerprint density at radius 2 is 2.00 bits per heavy atom. The zero-order valence-electron chi connectivity index (χ0n) is 11.6. The number of ether oxygens (including phenoxy) is 1. The molecular formula is C13H23NO4S. The summed E-state index contributed by atoms with van der Waals surface area (Å²) in [7, 11) is -1.84. The Morgan fingerprint density at radius 1 is 1.37 bits per heavy atom. The number of methoxy groups -OCH3 is 1. The van der Waals surface area contributed by atoms with Crippen molar-refractivity contribution in [2.45, 2.75) is 50.3 Å². The van der Waals surface area contributed by atoms with Gasteiger partial charge in [0.15, 0.2) is 9.84 Å². The quantitative estimate of drug-likeness (QED) is 0.759. The van der Waals surface area contributed by atoms with Crippen molar-refractivity contribution in [3.8, 4) is 0 Å². The second kappa shape index (κ2) is 5.05. The first-order valence-corrected chi connectivity index (χ1v) is 8.55. The third-order valence-electron chi connectivity index (χ3n) is 4.72. The summed E-state index contributed by atoms with van der Waals surface area (Å²) in [5.74, 6) is -0.195. The van der Waals surface area contributed by atoms with E-state index in [0.29, 0.717) is 6.42 Å². The second-order valence-corrected chi connectivity index (χ2v) is 8.42. The van der Waals surface area contributed by atoms with Crippen molar-refractivity contribution >= 4 is 15.8 Å². The number of hydrogen-bond acceptors (Lipinski definition) is 5. The normalized spacial score (nSPS) is 33.1. The molecule has 0 aromatic heterocycles. The van der Waals surface area contributed by atoms with Crippen LogP contribution in [0.5, 0.6) is 0 Å². The van der Waals surface area contributed by atoms with E-state index in [1.807, 2.05) is 6.92 Å². The highest BCUT2D eigenvalue weighted by atomic mass is 32.2. The maximum atomic E-state index is 12.5. The van der Waals surface area contributed by atoms with Gasteiger partial charge in [0.1, 0.15) is 0 Å². The van der Waals surface area contributed by atoms with Crippen LogP contribution in [0.3, 0.4) is 0 Å². The van der Waals surface area contributed by atoms with E-state index in [1.54, 1.807) is 0 Å².